The maximum atomic E-state index is 2.43. The Morgan fingerprint density at radius 1 is 0.619 bits per heavy atom. The predicted molar refractivity (Wildman–Crippen MR) is 183 cm³/mol. The molecule has 6 aromatic rings. The Kier molecular flexibility index (Phi) is 7.54. The fourth-order valence-electron chi connectivity index (χ4n) is 5.73. The van der Waals surface area contributed by atoms with Gasteiger partial charge < -0.3 is 9.47 Å². The van der Waals surface area contributed by atoms with Crippen molar-refractivity contribution in [3.8, 4) is 0 Å². The Hall–Kier alpha value is -4.82. The summed E-state index contributed by atoms with van der Waals surface area (Å²) < 4.78 is 2.43. The summed E-state index contributed by atoms with van der Waals surface area (Å²) in [6.07, 6.45) is 6.53. The average molecular weight is 547 g/mol. The lowest BCUT2D eigenvalue weighted by molar-refractivity contribution is 0.827. The van der Waals surface area contributed by atoms with Crippen LogP contribution in [0.4, 0.5) is 17.1 Å². The summed E-state index contributed by atoms with van der Waals surface area (Å²) in [5.74, 6) is 0. The third kappa shape index (κ3) is 5.41. The van der Waals surface area contributed by atoms with Gasteiger partial charge in [0.25, 0.3) is 0 Å². The predicted octanol–water partition coefficient (Wildman–Crippen LogP) is 11.3. The Morgan fingerprint density at radius 3 is 1.69 bits per heavy atom. The van der Waals surface area contributed by atoms with E-state index in [1.54, 1.807) is 0 Å². The molecule has 1 heterocycles. The molecular formula is C40H38N2. The maximum Gasteiger partial charge on any atom is 0.0492 e. The molecule has 0 spiro atoms. The van der Waals surface area contributed by atoms with Crippen molar-refractivity contribution in [2.75, 3.05) is 4.90 Å². The number of aryl methyl sites for hydroxylation is 4. The summed E-state index contributed by atoms with van der Waals surface area (Å²) in [5.41, 5.74) is 13.5. The van der Waals surface area contributed by atoms with Crippen molar-refractivity contribution >= 4 is 50.5 Å². The van der Waals surface area contributed by atoms with Crippen molar-refractivity contribution in [2.45, 2.75) is 41.2 Å². The highest BCUT2D eigenvalue weighted by molar-refractivity contribution is 6.10. The average Bonchev–Trinajstić information content (AvgIpc) is 3.32. The lowest BCUT2D eigenvalue weighted by atomic mass is 10.0. The number of benzene rings is 5. The summed E-state index contributed by atoms with van der Waals surface area (Å²) >= 11 is 0. The van der Waals surface area contributed by atoms with Crippen LogP contribution in [-0.4, -0.2) is 4.57 Å². The number of aromatic nitrogens is 1. The van der Waals surface area contributed by atoms with Gasteiger partial charge in [-0.25, -0.2) is 0 Å². The molecule has 5 aromatic carbocycles. The van der Waals surface area contributed by atoms with Gasteiger partial charge in [0.05, 0.1) is 0 Å². The zero-order valence-electron chi connectivity index (χ0n) is 25.2. The van der Waals surface area contributed by atoms with E-state index in [4.69, 9.17) is 0 Å². The van der Waals surface area contributed by atoms with Gasteiger partial charge in [-0.1, -0.05) is 89.5 Å². The summed E-state index contributed by atoms with van der Waals surface area (Å²) in [6.45, 7) is 11.7. The van der Waals surface area contributed by atoms with Crippen LogP contribution in [0, 0.1) is 20.8 Å². The smallest absolute Gasteiger partial charge is 0.0492 e. The molecule has 0 bridgehead atoms. The quantitative estimate of drug-likeness (QED) is 0.181. The van der Waals surface area contributed by atoms with E-state index in [0.717, 1.165) is 23.6 Å². The van der Waals surface area contributed by atoms with E-state index in [2.05, 4.69) is 172 Å². The van der Waals surface area contributed by atoms with Crippen molar-refractivity contribution in [3.63, 3.8) is 0 Å². The first-order valence-corrected chi connectivity index (χ1v) is 14.8. The zero-order valence-corrected chi connectivity index (χ0v) is 25.2. The fraction of sp³-hybridized carbons (Fsp3) is 0.150. The number of allylic oxidation sites excluding steroid dienone is 3. The van der Waals surface area contributed by atoms with Gasteiger partial charge in [-0.3, -0.25) is 0 Å². The van der Waals surface area contributed by atoms with Gasteiger partial charge >= 0.3 is 0 Å². The normalized spacial score (nSPS) is 12.1. The number of rotatable bonds is 7. The van der Waals surface area contributed by atoms with Crippen molar-refractivity contribution in [2.24, 2.45) is 0 Å². The van der Waals surface area contributed by atoms with E-state index in [-0.39, 0.29) is 0 Å². The van der Waals surface area contributed by atoms with Crippen molar-refractivity contribution in [1.82, 2.24) is 4.57 Å². The molecule has 6 rings (SSSR count). The molecule has 0 aliphatic heterocycles. The molecular weight excluding hydrogens is 508 g/mol. The highest BCUT2D eigenvalue weighted by atomic mass is 15.1. The molecule has 2 nitrogen and oxygen atoms in total. The number of hydrogen-bond acceptors (Lipinski definition) is 1. The molecule has 0 saturated carbocycles. The van der Waals surface area contributed by atoms with Gasteiger partial charge in [-0.15, -0.1) is 0 Å². The Morgan fingerprint density at radius 2 is 1.12 bits per heavy atom. The molecule has 0 aliphatic carbocycles. The molecule has 0 amide bonds. The van der Waals surface area contributed by atoms with Crippen LogP contribution in [-0.2, 0) is 6.54 Å². The van der Waals surface area contributed by atoms with Crippen molar-refractivity contribution in [1.29, 1.82) is 0 Å². The molecule has 0 aliphatic rings. The topological polar surface area (TPSA) is 8.17 Å². The number of fused-ring (bicyclic) bond motifs is 3. The van der Waals surface area contributed by atoms with Crippen LogP contribution in [0.15, 0.2) is 121 Å². The van der Waals surface area contributed by atoms with Crippen LogP contribution in [0.2, 0.25) is 0 Å². The van der Waals surface area contributed by atoms with Crippen LogP contribution < -0.4 is 4.90 Å². The molecule has 0 unspecified atom stereocenters. The molecule has 0 saturated heterocycles. The first-order chi connectivity index (χ1) is 20.4. The second kappa shape index (κ2) is 11.6. The van der Waals surface area contributed by atoms with Gasteiger partial charge in [-0.05, 0) is 106 Å². The highest BCUT2D eigenvalue weighted by Crippen LogP contribution is 2.39. The minimum Gasteiger partial charge on any atom is -0.341 e. The summed E-state index contributed by atoms with van der Waals surface area (Å²) in [7, 11) is 0. The van der Waals surface area contributed by atoms with E-state index in [0.29, 0.717) is 0 Å². The van der Waals surface area contributed by atoms with Crippen LogP contribution >= 0.6 is 0 Å². The lowest BCUT2D eigenvalue weighted by Crippen LogP contribution is -2.10. The van der Waals surface area contributed by atoms with Crippen LogP contribution in [0.5, 0.6) is 0 Å². The minimum absolute atomic E-state index is 0.923. The van der Waals surface area contributed by atoms with E-state index in [1.165, 1.54) is 55.2 Å². The lowest BCUT2D eigenvalue weighted by Gasteiger charge is -2.26. The van der Waals surface area contributed by atoms with E-state index in [1.807, 2.05) is 0 Å². The summed E-state index contributed by atoms with van der Waals surface area (Å²) in [5, 5.41) is 2.56. The first kappa shape index (κ1) is 27.4. The van der Waals surface area contributed by atoms with Gasteiger partial charge in [0.2, 0.25) is 0 Å². The zero-order chi connectivity index (χ0) is 29.2. The number of nitrogens with zero attached hydrogens (tertiary/aromatic N) is 2. The van der Waals surface area contributed by atoms with Crippen LogP contribution in [0.1, 0.15) is 41.7 Å². The van der Waals surface area contributed by atoms with Gasteiger partial charge in [0, 0.05) is 45.4 Å². The van der Waals surface area contributed by atoms with E-state index in [9.17, 15) is 0 Å². The number of anilines is 3. The SMILES string of the molecule is CCn1c2ccc(/C(C)=C/C=Cc3ccc(C)cc3)cc2c2cc(N(c3ccc(C)cc3)c3ccc(C)cc3)ccc21. The van der Waals surface area contributed by atoms with E-state index < -0.39 is 0 Å². The molecule has 0 fully saturated rings. The van der Waals surface area contributed by atoms with Crippen LogP contribution in [0.3, 0.4) is 0 Å². The Bertz CT molecular complexity index is 1870. The van der Waals surface area contributed by atoms with Gasteiger partial charge in [0.1, 0.15) is 0 Å². The number of hydrogen-bond donors (Lipinski definition) is 0. The molecule has 0 radical (unpaired) electrons. The third-order valence-electron chi connectivity index (χ3n) is 8.17. The highest BCUT2D eigenvalue weighted by Gasteiger charge is 2.16. The van der Waals surface area contributed by atoms with Crippen molar-refractivity contribution < 1.29 is 0 Å². The monoisotopic (exact) mass is 546 g/mol. The summed E-state index contributed by atoms with van der Waals surface area (Å²) in [4.78, 5) is 2.36. The largest absolute Gasteiger partial charge is 0.341 e. The van der Waals surface area contributed by atoms with Crippen LogP contribution in [0.25, 0.3) is 33.5 Å². The Balaban J connectivity index is 1.45. The van der Waals surface area contributed by atoms with E-state index >= 15 is 0 Å². The molecule has 42 heavy (non-hydrogen) atoms. The van der Waals surface area contributed by atoms with Crippen molar-refractivity contribution in [3.05, 3.63) is 149 Å². The maximum absolute atomic E-state index is 2.43. The second-order valence-electron chi connectivity index (χ2n) is 11.3. The molecule has 2 heteroatoms. The first-order valence-electron chi connectivity index (χ1n) is 14.8. The Labute approximate surface area is 249 Å². The molecule has 208 valence electrons. The molecule has 1 aromatic heterocycles. The molecule has 0 N–H and O–H groups in total. The fourth-order valence-corrected chi connectivity index (χ4v) is 5.73. The minimum atomic E-state index is 0.923. The standard InChI is InChI=1S/C40H38N2/c1-6-41-39-24-18-33(31(5)8-7-9-32-16-10-28(2)11-17-32)26-37(39)38-27-36(23-25-40(38)41)42(34-19-12-29(3)13-20-34)35-21-14-30(4)15-22-35/h7-27H,6H2,1-5H3/b9-7?,31-8+. The summed E-state index contributed by atoms with van der Waals surface area (Å²) in [6, 6.07) is 40.0. The van der Waals surface area contributed by atoms with Gasteiger partial charge in [0.15, 0.2) is 0 Å². The van der Waals surface area contributed by atoms with Gasteiger partial charge in [-0.2, -0.15) is 0 Å². The third-order valence-corrected chi connectivity index (χ3v) is 8.17. The molecule has 0 atom stereocenters. The second-order valence-corrected chi connectivity index (χ2v) is 11.3.